The number of carbonyl (C=O) groups is 1. The van der Waals surface area contributed by atoms with Crippen molar-refractivity contribution in [1.82, 2.24) is 10.2 Å². The van der Waals surface area contributed by atoms with Gasteiger partial charge < -0.3 is 10.1 Å². The summed E-state index contributed by atoms with van der Waals surface area (Å²) in [5, 5.41) is 10.3. The maximum atomic E-state index is 13.0. The predicted octanol–water partition coefficient (Wildman–Crippen LogP) is 3.25. The topological polar surface area (TPSA) is 99.5 Å². The summed E-state index contributed by atoms with van der Waals surface area (Å²) in [5.41, 5.74) is -1.02. The Labute approximate surface area is 176 Å². The number of amides is 1. The maximum absolute atomic E-state index is 13.0. The van der Waals surface area contributed by atoms with Crippen LogP contribution in [0, 0.1) is 11.3 Å². The molecule has 1 heterocycles. The lowest BCUT2D eigenvalue weighted by Gasteiger charge is -2.25. The zero-order chi connectivity index (χ0) is 22.2. The van der Waals surface area contributed by atoms with E-state index in [1.807, 2.05) is 6.07 Å². The summed E-state index contributed by atoms with van der Waals surface area (Å²) in [4.78, 5) is 13.2. The average Bonchev–Trinajstić information content (AvgIpc) is 3.30. The van der Waals surface area contributed by atoms with Crippen molar-refractivity contribution in [2.75, 3.05) is 13.1 Å². The van der Waals surface area contributed by atoms with Crippen molar-refractivity contribution in [3.05, 3.63) is 29.3 Å². The smallest absolute Gasteiger partial charge is 0.409 e. The highest BCUT2D eigenvalue weighted by Gasteiger charge is 2.47. The number of benzene rings is 1. The molecule has 2 aliphatic rings. The minimum atomic E-state index is -4.45. The SMILES string of the molecule is N#CC1(NC(=O)O[C@H]2C[C@@H](S(=O)(=O)c3ccccc3Cl)CN2CCC(F)(F)F)CC1. The first kappa shape index (κ1) is 22.7. The van der Waals surface area contributed by atoms with Crippen molar-refractivity contribution < 1.29 is 31.1 Å². The first-order valence-corrected chi connectivity index (χ1v) is 11.1. The highest BCUT2D eigenvalue weighted by atomic mass is 35.5. The molecule has 0 bridgehead atoms. The molecule has 0 radical (unpaired) electrons. The van der Waals surface area contributed by atoms with Crippen molar-refractivity contribution in [1.29, 1.82) is 5.26 Å². The first-order valence-electron chi connectivity index (χ1n) is 9.15. The van der Waals surface area contributed by atoms with Crippen LogP contribution in [-0.4, -0.2) is 55.7 Å². The Hall–Kier alpha value is -2.03. The van der Waals surface area contributed by atoms with E-state index in [2.05, 4.69) is 5.32 Å². The molecule has 1 saturated carbocycles. The standard InChI is InChI=1S/C18H19ClF3N3O4S/c19-13-3-1-2-4-14(13)30(27,28)12-9-15(25(10-12)8-7-18(20,21)22)29-16(26)24-17(11-23)5-6-17/h1-4,12,15H,5-10H2,(H,24,26)/t12-,15+/m1/s1. The van der Waals surface area contributed by atoms with E-state index in [0.717, 1.165) is 0 Å². The van der Waals surface area contributed by atoms with Crippen LogP contribution in [0.15, 0.2) is 29.2 Å². The Bertz CT molecular complexity index is 960. The number of nitrogens with zero attached hydrogens (tertiary/aromatic N) is 2. The number of rotatable bonds is 6. The zero-order valence-electron chi connectivity index (χ0n) is 15.7. The van der Waals surface area contributed by atoms with Crippen LogP contribution in [0.1, 0.15) is 25.7 Å². The molecule has 2 fully saturated rings. The van der Waals surface area contributed by atoms with Gasteiger partial charge in [0.1, 0.15) is 5.54 Å². The second-order valence-corrected chi connectivity index (χ2v) is 9.98. The number of ether oxygens (including phenoxy) is 1. The Morgan fingerprint density at radius 3 is 2.60 bits per heavy atom. The molecule has 1 aliphatic carbocycles. The Kier molecular flexibility index (Phi) is 6.23. The van der Waals surface area contributed by atoms with E-state index in [9.17, 15) is 26.4 Å². The van der Waals surface area contributed by atoms with Gasteiger partial charge >= 0.3 is 12.3 Å². The highest BCUT2D eigenvalue weighted by Crippen LogP contribution is 2.36. The van der Waals surface area contributed by atoms with E-state index >= 15 is 0 Å². The number of likely N-dealkylation sites (tertiary alicyclic amines) is 1. The maximum Gasteiger partial charge on any atom is 0.409 e. The molecule has 0 spiro atoms. The van der Waals surface area contributed by atoms with Crippen LogP contribution in [0.3, 0.4) is 0 Å². The number of halogens is 4. The fourth-order valence-corrected chi connectivity index (χ4v) is 5.51. The lowest BCUT2D eigenvalue weighted by Crippen LogP contribution is -2.42. The summed E-state index contributed by atoms with van der Waals surface area (Å²) in [6.45, 7) is -0.773. The molecule has 2 atom stereocenters. The number of nitrogens with one attached hydrogen (secondary N) is 1. The zero-order valence-corrected chi connectivity index (χ0v) is 17.2. The molecule has 164 valence electrons. The third-order valence-electron chi connectivity index (χ3n) is 5.12. The average molecular weight is 466 g/mol. The van der Waals surface area contributed by atoms with E-state index in [4.69, 9.17) is 21.6 Å². The van der Waals surface area contributed by atoms with E-state index in [1.54, 1.807) is 6.07 Å². The molecule has 1 saturated heterocycles. The van der Waals surface area contributed by atoms with Gasteiger partial charge in [-0.3, -0.25) is 4.90 Å². The number of alkyl halides is 3. The van der Waals surface area contributed by atoms with E-state index in [0.29, 0.717) is 12.8 Å². The lowest BCUT2D eigenvalue weighted by molar-refractivity contribution is -0.141. The molecule has 0 unspecified atom stereocenters. The van der Waals surface area contributed by atoms with Gasteiger partial charge in [0.15, 0.2) is 16.1 Å². The number of hydrogen-bond donors (Lipinski definition) is 1. The Morgan fingerprint density at radius 1 is 1.37 bits per heavy atom. The molecular weight excluding hydrogens is 447 g/mol. The van der Waals surface area contributed by atoms with Crippen molar-refractivity contribution >= 4 is 27.5 Å². The number of hydrogen-bond acceptors (Lipinski definition) is 6. The van der Waals surface area contributed by atoms with Crippen molar-refractivity contribution in [3.63, 3.8) is 0 Å². The third-order valence-corrected chi connectivity index (χ3v) is 7.75. The van der Waals surface area contributed by atoms with Crippen molar-refractivity contribution in [3.8, 4) is 6.07 Å². The molecule has 0 aromatic heterocycles. The molecule has 1 aromatic rings. The van der Waals surface area contributed by atoms with Gasteiger partial charge in [-0.15, -0.1) is 0 Å². The van der Waals surface area contributed by atoms with Gasteiger partial charge in [0, 0.05) is 19.5 Å². The van der Waals surface area contributed by atoms with Crippen molar-refractivity contribution in [2.45, 2.75) is 53.8 Å². The molecular formula is C18H19ClF3N3O4S. The molecule has 1 amide bonds. The lowest BCUT2D eigenvalue weighted by atomic mass is 10.3. The van der Waals surface area contributed by atoms with Gasteiger partial charge in [-0.25, -0.2) is 13.2 Å². The molecule has 30 heavy (non-hydrogen) atoms. The summed E-state index contributed by atoms with van der Waals surface area (Å²) < 4.78 is 69.3. The summed E-state index contributed by atoms with van der Waals surface area (Å²) in [5.74, 6) is 0. The molecule has 1 aliphatic heterocycles. The largest absolute Gasteiger partial charge is 0.430 e. The Balaban J connectivity index is 1.76. The van der Waals surface area contributed by atoms with Crippen LogP contribution in [0.25, 0.3) is 0 Å². The number of nitriles is 1. The van der Waals surface area contributed by atoms with Gasteiger partial charge in [0.2, 0.25) is 0 Å². The summed E-state index contributed by atoms with van der Waals surface area (Å²) >= 11 is 5.99. The van der Waals surface area contributed by atoms with Crippen LogP contribution in [0.2, 0.25) is 5.02 Å². The quantitative estimate of drug-likeness (QED) is 0.692. The Morgan fingerprint density at radius 2 is 2.03 bits per heavy atom. The van der Waals surface area contributed by atoms with Crippen LogP contribution < -0.4 is 5.32 Å². The molecule has 1 aromatic carbocycles. The first-order chi connectivity index (χ1) is 14.0. The van der Waals surface area contributed by atoms with Crippen LogP contribution in [0.4, 0.5) is 18.0 Å². The van der Waals surface area contributed by atoms with Crippen LogP contribution >= 0.6 is 11.6 Å². The van der Waals surface area contributed by atoms with Crippen LogP contribution in [0.5, 0.6) is 0 Å². The third kappa shape index (κ3) is 5.17. The van der Waals surface area contributed by atoms with E-state index in [1.165, 1.54) is 23.1 Å². The molecule has 7 nitrogen and oxygen atoms in total. The predicted molar refractivity (Wildman–Crippen MR) is 100 cm³/mol. The fourth-order valence-electron chi connectivity index (χ4n) is 3.27. The summed E-state index contributed by atoms with van der Waals surface area (Å²) in [6.07, 6.45) is -7.09. The van der Waals surface area contributed by atoms with Crippen LogP contribution in [-0.2, 0) is 14.6 Å². The number of alkyl carbamates (subject to hydrolysis) is 1. The second kappa shape index (κ2) is 8.24. The van der Waals surface area contributed by atoms with Gasteiger partial charge in [-0.1, -0.05) is 23.7 Å². The minimum Gasteiger partial charge on any atom is -0.430 e. The van der Waals surface area contributed by atoms with E-state index < -0.39 is 52.1 Å². The number of carbonyl (C=O) groups excluding carboxylic acids is 1. The van der Waals surface area contributed by atoms with Crippen molar-refractivity contribution in [2.24, 2.45) is 0 Å². The second-order valence-electron chi connectivity index (χ2n) is 7.37. The molecule has 3 rings (SSSR count). The van der Waals surface area contributed by atoms with Gasteiger partial charge in [-0.05, 0) is 25.0 Å². The normalized spacial score (nSPS) is 23.6. The number of sulfone groups is 1. The molecule has 1 N–H and O–H groups in total. The highest BCUT2D eigenvalue weighted by molar-refractivity contribution is 7.92. The van der Waals surface area contributed by atoms with Gasteiger partial charge in [0.25, 0.3) is 0 Å². The monoisotopic (exact) mass is 465 g/mol. The minimum absolute atomic E-state index is 0.00569. The fraction of sp³-hybridized carbons (Fsp3) is 0.556. The summed E-state index contributed by atoms with van der Waals surface area (Å²) in [7, 11) is -3.97. The van der Waals surface area contributed by atoms with Gasteiger partial charge in [-0.2, -0.15) is 18.4 Å². The van der Waals surface area contributed by atoms with Gasteiger partial charge in [0.05, 0.1) is 27.7 Å². The molecule has 12 heteroatoms. The van der Waals surface area contributed by atoms with E-state index in [-0.39, 0.29) is 22.9 Å². The summed E-state index contributed by atoms with van der Waals surface area (Å²) in [6, 6.07) is 7.72.